The van der Waals surface area contributed by atoms with E-state index in [0.29, 0.717) is 18.5 Å². The summed E-state index contributed by atoms with van der Waals surface area (Å²) in [6, 6.07) is 20.2. The summed E-state index contributed by atoms with van der Waals surface area (Å²) in [5.41, 5.74) is 1.06. The molecule has 2 fully saturated rings. The number of aliphatic hydroxyl groups is 1. The van der Waals surface area contributed by atoms with Crippen LogP contribution in [0.25, 0.3) is 0 Å². The van der Waals surface area contributed by atoms with E-state index in [1.165, 1.54) is 0 Å². The van der Waals surface area contributed by atoms with E-state index in [2.05, 4.69) is 45.0 Å². The lowest BCUT2D eigenvalue weighted by atomic mass is 9.92. The molecule has 34 heavy (non-hydrogen) atoms. The summed E-state index contributed by atoms with van der Waals surface area (Å²) < 4.78 is 12.8. The summed E-state index contributed by atoms with van der Waals surface area (Å²) in [5, 5.41) is 12.6. The average molecular weight is 478 g/mol. The number of piperidine rings is 1. The van der Waals surface area contributed by atoms with Crippen molar-refractivity contribution >= 4 is 30.6 Å². The Hall–Kier alpha value is -2.74. The first-order valence-corrected chi connectivity index (χ1v) is 13.8. The maximum Gasteiger partial charge on any atom is 0.411 e. The molecule has 178 valence electrons. The lowest BCUT2D eigenvalue weighted by molar-refractivity contribution is -0.122. The summed E-state index contributed by atoms with van der Waals surface area (Å²) >= 11 is 0. The molecule has 0 spiro atoms. The van der Waals surface area contributed by atoms with Gasteiger partial charge >= 0.3 is 6.09 Å². The van der Waals surface area contributed by atoms with Gasteiger partial charge in [0.1, 0.15) is 6.04 Å². The summed E-state index contributed by atoms with van der Waals surface area (Å²) in [4.78, 5) is 27.3. The van der Waals surface area contributed by atoms with Gasteiger partial charge in [0.25, 0.3) is 8.32 Å². The van der Waals surface area contributed by atoms with Crippen LogP contribution < -0.4 is 10.4 Å². The van der Waals surface area contributed by atoms with Crippen molar-refractivity contribution in [1.29, 1.82) is 0 Å². The van der Waals surface area contributed by atoms with E-state index in [1.54, 1.807) is 11.8 Å². The minimum Gasteiger partial charge on any atom is -0.435 e. The van der Waals surface area contributed by atoms with Crippen LogP contribution in [0.5, 0.6) is 0 Å². The van der Waals surface area contributed by atoms with E-state index in [-0.39, 0.29) is 10.8 Å². The second kappa shape index (κ2) is 8.18. The largest absolute Gasteiger partial charge is 0.435 e. The van der Waals surface area contributed by atoms with Gasteiger partial charge in [-0.3, -0.25) is 9.69 Å². The van der Waals surface area contributed by atoms with Crippen LogP contribution in [0.3, 0.4) is 0 Å². The van der Waals surface area contributed by atoms with E-state index in [4.69, 9.17) is 9.16 Å². The molecule has 4 atom stereocenters. The zero-order chi connectivity index (χ0) is 24.3. The molecule has 3 aliphatic rings. The van der Waals surface area contributed by atoms with E-state index in [1.807, 2.05) is 36.4 Å². The molecule has 2 heterocycles. The number of rotatable bonds is 5. The van der Waals surface area contributed by atoms with Crippen LogP contribution >= 0.6 is 0 Å². The number of ether oxygens (including phenoxy) is 1. The van der Waals surface area contributed by atoms with Gasteiger partial charge in [-0.2, -0.15) is 0 Å². The van der Waals surface area contributed by atoms with Crippen LogP contribution in [-0.2, 0) is 14.0 Å². The second-order valence-corrected chi connectivity index (χ2v) is 14.7. The molecular weight excluding hydrogens is 446 g/mol. The molecule has 2 aliphatic heterocycles. The van der Waals surface area contributed by atoms with Crippen LogP contribution in [-0.4, -0.2) is 61.1 Å². The van der Waals surface area contributed by atoms with E-state index < -0.39 is 38.8 Å². The molecule has 5 rings (SSSR count). The third-order valence-electron chi connectivity index (χ3n) is 7.37. The Morgan fingerprint density at radius 2 is 1.59 bits per heavy atom. The van der Waals surface area contributed by atoms with Crippen molar-refractivity contribution in [2.75, 3.05) is 6.54 Å². The minimum atomic E-state index is -2.89. The van der Waals surface area contributed by atoms with E-state index >= 15 is 0 Å². The Kier molecular flexibility index (Phi) is 5.54. The predicted molar refractivity (Wildman–Crippen MR) is 132 cm³/mol. The fraction of sp³-hybridized carbons (Fsp3) is 0.407. The molecule has 1 N–H and O–H groups in total. The number of aliphatic hydroxyl groups excluding tert-OH is 1. The molecule has 2 aromatic rings. The Balaban J connectivity index is 1.69. The molecule has 7 heteroatoms. The Labute approximate surface area is 201 Å². The Morgan fingerprint density at radius 3 is 2.09 bits per heavy atom. The lowest BCUT2D eigenvalue weighted by Crippen LogP contribution is -2.68. The number of hydrogen-bond acceptors (Lipinski definition) is 5. The molecule has 0 radical (unpaired) electrons. The third-order valence-corrected chi connectivity index (χ3v) is 12.4. The number of hydrogen-bond donors (Lipinski definition) is 1. The van der Waals surface area contributed by atoms with Gasteiger partial charge in [0, 0.05) is 12.1 Å². The monoisotopic (exact) mass is 477 g/mol. The van der Waals surface area contributed by atoms with Gasteiger partial charge in [0.05, 0.1) is 12.2 Å². The smallest absolute Gasteiger partial charge is 0.411 e. The van der Waals surface area contributed by atoms with Crippen molar-refractivity contribution in [3.05, 3.63) is 71.8 Å². The van der Waals surface area contributed by atoms with Crippen molar-refractivity contribution in [1.82, 2.24) is 4.90 Å². The molecule has 6 nitrogen and oxygen atoms in total. The second-order valence-electron chi connectivity index (χ2n) is 10.4. The highest BCUT2D eigenvalue weighted by molar-refractivity contribution is 6.99. The average Bonchev–Trinajstić information content (AvgIpc) is 3.29. The van der Waals surface area contributed by atoms with E-state index in [0.717, 1.165) is 15.9 Å². The quantitative estimate of drug-likeness (QED) is 0.671. The molecule has 0 bridgehead atoms. The third kappa shape index (κ3) is 3.29. The number of nitrogens with zero attached hydrogens (tertiary/aromatic N) is 1. The summed E-state index contributed by atoms with van der Waals surface area (Å²) in [7, 11) is -2.89. The molecule has 2 saturated heterocycles. The van der Waals surface area contributed by atoms with Crippen molar-refractivity contribution in [3.63, 3.8) is 0 Å². The molecule has 2 aromatic carbocycles. The molecule has 1 amide bonds. The van der Waals surface area contributed by atoms with Gasteiger partial charge in [-0.1, -0.05) is 81.4 Å². The molecule has 4 unspecified atom stereocenters. The van der Waals surface area contributed by atoms with Crippen molar-refractivity contribution < 1.29 is 23.9 Å². The number of benzene rings is 2. The van der Waals surface area contributed by atoms with Gasteiger partial charge < -0.3 is 14.3 Å². The van der Waals surface area contributed by atoms with Crippen LogP contribution in [0.1, 0.15) is 34.1 Å². The number of carbonyl (C=O) groups is 2. The standard InChI is InChI=1S/C27H31NO5Si/c1-17(29)21-22-20(15-16-28-23(22)25(24(21)30)32-26(28)31)33-34(27(2,3)4,18-11-7-5-8-12-18)19-13-9-6-10-14-19/h5-14,17,20,23,25,29H,15-16H2,1-4H3. The topological polar surface area (TPSA) is 76.1 Å². The summed E-state index contributed by atoms with van der Waals surface area (Å²) in [6.07, 6.45) is -2.17. The zero-order valence-corrected chi connectivity index (χ0v) is 21.0. The van der Waals surface area contributed by atoms with Crippen LogP contribution in [0.4, 0.5) is 4.79 Å². The van der Waals surface area contributed by atoms with Gasteiger partial charge in [0.2, 0.25) is 5.78 Å². The molecular formula is C27H31NO5Si. The minimum absolute atomic E-state index is 0.234. The van der Waals surface area contributed by atoms with Gasteiger partial charge in [-0.05, 0) is 34.3 Å². The van der Waals surface area contributed by atoms with Crippen LogP contribution in [0.2, 0.25) is 5.04 Å². The fourth-order valence-corrected chi connectivity index (χ4v) is 10.7. The SMILES string of the molecule is CC(O)C1=C2C(O[Si](c3ccccc3)(c3ccccc3)C(C)(C)C)CCN3C(=O)OC(C1=O)C23. The van der Waals surface area contributed by atoms with Gasteiger partial charge in [-0.15, -0.1) is 0 Å². The first-order valence-electron chi connectivity index (χ1n) is 11.9. The number of amides is 1. The number of Topliss-reactive ketones (excluding diaryl/α,β-unsaturated/α-hetero) is 1. The Bertz CT molecular complexity index is 1100. The maximum absolute atomic E-state index is 13.2. The lowest BCUT2D eigenvalue weighted by Gasteiger charge is -2.47. The van der Waals surface area contributed by atoms with Crippen LogP contribution in [0.15, 0.2) is 71.8 Å². The summed E-state index contributed by atoms with van der Waals surface area (Å²) in [5.74, 6) is -0.302. The van der Waals surface area contributed by atoms with Crippen molar-refractivity contribution in [2.45, 2.75) is 63.5 Å². The highest BCUT2D eigenvalue weighted by Crippen LogP contribution is 2.46. The maximum atomic E-state index is 13.2. The molecule has 0 aromatic heterocycles. The predicted octanol–water partition coefficient (Wildman–Crippen LogP) is 2.78. The fourth-order valence-electron chi connectivity index (χ4n) is 5.98. The summed E-state index contributed by atoms with van der Waals surface area (Å²) in [6.45, 7) is 8.68. The molecule has 0 saturated carbocycles. The Morgan fingerprint density at radius 1 is 1.03 bits per heavy atom. The number of ketones is 1. The first-order chi connectivity index (χ1) is 16.2. The molecule has 1 aliphatic carbocycles. The van der Waals surface area contributed by atoms with Crippen molar-refractivity contribution in [2.24, 2.45) is 0 Å². The van der Waals surface area contributed by atoms with Crippen LogP contribution in [0, 0.1) is 0 Å². The van der Waals surface area contributed by atoms with E-state index in [9.17, 15) is 14.7 Å². The highest BCUT2D eigenvalue weighted by atomic mass is 28.4. The van der Waals surface area contributed by atoms with Gasteiger partial charge in [0.15, 0.2) is 6.10 Å². The zero-order valence-electron chi connectivity index (χ0n) is 20.0. The van der Waals surface area contributed by atoms with Gasteiger partial charge in [-0.25, -0.2) is 4.79 Å². The normalized spacial score (nSPS) is 25.4. The first kappa shape index (κ1) is 23.0. The highest BCUT2D eigenvalue weighted by Gasteiger charge is 2.60. The number of carbonyl (C=O) groups excluding carboxylic acids is 2. The van der Waals surface area contributed by atoms with Crippen molar-refractivity contribution in [3.8, 4) is 0 Å².